The van der Waals surface area contributed by atoms with Crippen LogP contribution >= 0.6 is 0 Å². The van der Waals surface area contributed by atoms with Gasteiger partial charge < -0.3 is 19.8 Å². The summed E-state index contributed by atoms with van der Waals surface area (Å²) in [4.78, 5) is 19.3. The van der Waals surface area contributed by atoms with E-state index < -0.39 is 0 Å². The van der Waals surface area contributed by atoms with Gasteiger partial charge in [0, 0.05) is 18.3 Å². The standard InChI is InChI=1S/C17H18N4O3/c1-11-2-3-13(9-19-11)24-16-4-5-23-10-15(16)21-17(22)14-6-12(7-18)8-20-14/h2-3,6,8-9,15-16,20H,4-5,10H2,1H3,(H,21,22)/t15-,16+/m1/s1. The molecule has 7 heteroatoms. The number of aromatic nitrogens is 2. The van der Waals surface area contributed by atoms with Crippen molar-refractivity contribution in [3.05, 3.63) is 47.5 Å². The predicted molar refractivity (Wildman–Crippen MR) is 85.6 cm³/mol. The number of aromatic amines is 1. The summed E-state index contributed by atoms with van der Waals surface area (Å²) in [6, 6.07) is 6.96. The van der Waals surface area contributed by atoms with Crippen LogP contribution in [0.25, 0.3) is 0 Å². The lowest BCUT2D eigenvalue weighted by atomic mass is 10.1. The number of nitrogens with one attached hydrogen (secondary N) is 2. The van der Waals surface area contributed by atoms with Crippen molar-refractivity contribution in [1.82, 2.24) is 15.3 Å². The van der Waals surface area contributed by atoms with E-state index in [2.05, 4.69) is 15.3 Å². The lowest BCUT2D eigenvalue weighted by Gasteiger charge is -2.32. The van der Waals surface area contributed by atoms with Crippen LogP contribution in [0.1, 0.15) is 28.2 Å². The number of pyridine rings is 1. The Bertz CT molecular complexity index is 748. The number of carbonyl (C=O) groups is 1. The van der Waals surface area contributed by atoms with Crippen LogP contribution in [0.15, 0.2) is 30.6 Å². The highest BCUT2D eigenvalue weighted by Crippen LogP contribution is 2.18. The minimum absolute atomic E-state index is 0.197. The molecular weight excluding hydrogens is 308 g/mol. The summed E-state index contributed by atoms with van der Waals surface area (Å²) >= 11 is 0. The summed E-state index contributed by atoms with van der Waals surface area (Å²) in [5, 5.41) is 11.7. The third-order valence-corrected chi connectivity index (χ3v) is 3.84. The Morgan fingerprint density at radius 2 is 2.42 bits per heavy atom. The van der Waals surface area contributed by atoms with Crippen molar-refractivity contribution in [3.8, 4) is 11.8 Å². The zero-order valence-electron chi connectivity index (χ0n) is 13.3. The molecule has 0 saturated carbocycles. The van der Waals surface area contributed by atoms with Crippen LogP contribution in [0.5, 0.6) is 5.75 Å². The monoisotopic (exact) mass is 326 g/mol. The maximum absolute atomic E-state index is 12.3. The fraction of sp³-hybridized carbons (Fsp3) is 0.353. The van der Waals surface area contributed by atoms with E-state index in [-0.39, 0.29) is 18.1 Å². The summed E-state index contributed by atoms with van der Waals surface area (Å²) in [6.45, 7) is 2.87. The highest BCUT2D eigenvalue weighted by molar-refractivity contribution is 5.93. The summed E-state index contributed by atoms with van der Waals surface area (Å²) in [5.74, 6) is 0.376. The molecule has 0 unspecified atom stereocenters. The van der Waals surface area contributed by atoms with Crippen molar-refractivity contribution in [1.29, 1.82) is 5.26 Å². The van der Waals surface area contributed by atoms with Gasteiger partial charge in [-0.15, -0.1) is 0 Å². The molecule has 0 spiro atoms. The number of ether oxygens (including phenoxy) is 2. The molecule has 1 saturated heterocycles. The molecule has 0 bridgehead atoms. The molecule has 24 heavy (non-hydrogen) atoms. The molecule has 7 nitrogen and oxygen atoms in total. The fourth-order valence-electron chi connectivity index (χ4n) is 2.53. The second kappa shape index (κ2) is 7.15. The molecule has 1 fully saturated rings. The van der Waals surface area contributed by atoms with Gasteiger partial charge in [-0.05, 0) is 25.1 Å². The maximum atomic E-state index is 12.3. The molecule has 1 amide bonds. The average Bonchev–Trinajstić information content (AvgIpc) is 3.08. The number of amides is 1. The minimum Gasteiger partial charge on any atom is -0.486 e. The number of H-pyrrole nitrogens is 1. The molecule has 124 valence electrons. The van der Waals surface area contributed by atoms with Crippen LogP contribution in [-0.2, 0) is 4.74 Å². The van der Waals surface area contributed by atoms with Crippen LogP contribution in [0.3, 0.4) is 0 Å². The highest BCUT2D eigenvalue weighted by Gasteiger charge is 2.29. The van der Waals surface area contributed by atoms with Gasteiger partial charge in [0.15, 0.2) is 0 Å². The van der Waals surface area contributed by atoms with Crippen molar-refractivity contribution in [3.63, 3.8) is 0 Å². The van der Waals surface area contributed by atoms with Crippen molar-refractivity contribution in [2.45, 2.75) is 25.5 Å². The van der Waals surface area contributed by atoms with E-state index in [1.54, 1.807) is 6.20 Å². The van der Waals surface area contributed by atoms with Gasteiger partial charge in [-0.25, -0.2) is 0 Å². The van der Waals surface area contributed by atoms with Gasteiger partial charge in [0.25, 0.3) is 5.91 Å². The van der Waals surface area contributed by atoms with Crippen LogP contribution < -0.4 is 10.1 Å². The van der Waals surface area contributed by atoms with E-state index >= 15 is 0 Å². The number of carbonyl (C=O) groups excluding carboxylic acids is 1. The van der Waals surface area contributed by atoms with Gasteiger partial charge in [-0.3, -0.25) is 9.78 Å². The second-order valence-corrected chi connectivity index (χ2v) is 5.65. The third-order valence-electron chi connectivity index (χ3n) is 3.84. The van der Waals surface area contributed by atoms with Crippen LogP contribution in [0.2, 0.25) is 0 Å². The summed E-state index contributed by atoms with van der Waals surface area (Å²) < 4.78 is 11.4. The second-order valence-electron chi connectivity index (χ2n) is 5.65. The smallest absolute Gasteiger partial charge is 0.268 e. The largest absolute Gasteiger partial charge is 0.486 e. The van der Waals surface area contributed by atoms with E-state index in [4.69, 9.17) is 14.7 Å². The number of nitrogens with zero attached hydrogens (tertiary/aromatic N) is 2. The quantitative estimate of drug-likeness (QED) is 0.888. The molecular formula is C17H18N4O3. The number of hydrogen-bond acceptors (Lipinski definition) is 5. The Morgan fingerprint density at radius 3 is 3.12 bits per heavy atom. The first-order valence-corrected chi connectivity index (χ1v) is 7.72. The van der Waals surface area contributed by atoms with Crippen LogP contribution in [0.4, 0.5) is 0 Å². The van der Waals surface area contributed by atoms with E-state index in [9.17, 15) is 4.79 Å². The van der Waals surface area contributed by atoms with Gasteiger partial charge in [-0.1, -0.05) is 0 Å². The number of aryl methyl sites for hydroxylation is 1. The summed E-state index contributed by atoms with van der Waals surface area (Å²) in [5.41, 5.74) is 1.67. The Balaban J connectivity index is 1.66. The first-order chi connectivity index (χ1) is 11.7. The minimum atomic E-state index is -0.289. The van der Waals surface area contributed by atoms with Gasteiger partial charge in [0.2, 0.25) is 0 Å². The number of hydrogen-bond donors (Lipinski definition) is 2. The first-order valence-electron chi connectivity index (χ1n) is 7.72. The third kappa shape index (κ3) is 3.73. The van der Waals surface area contributed by atoms with Gasteiger partial charge in [0.1, 0.15) is 23.6 Å². The lowest BCUT2D eigenvalue weighted by molar-refractivity contribution is -0.00306. The van der Waals surface area contributed by atoms with Crippen molar-refractivity contribution in [2.24, 2.45) is 0 Å². The van der Waals surface area contributed by atoms with Gasteiger partial charge >= 0.3 is 0 Å². The number of nitriles is 1. The molecule has 2 aromatic rings. The van der Waals surface area contributed by atoms with Gasteiger partial charge in [-0.2, -0.15) is 5.26 Å². The summed E-state index contributed by atoms with van der Waals surface area (Å²) in [6.07, 6.45) is 3.65. The van der Waals surface area contributed by atoms with E-state index in [0.29, 0.717) is 36.6 Å². The zero-order chi connectivity index (χ0) is 16.9. The average molecular weight is 326 g/mol. The Hall–Kier alpha value is -2.85. The van der Waals surface area contributed by atoms with Crippen molar-refractivity contribution in [2.75, 3.05) is 13.2 Å². The topological polar surface area (TPSA) is 100 Å². The molecule has 2 N–H and O–H groups in total. The molecule has 3 rings (SSSR count). The van der Waals surface area contributed by atoms with E-state index in [1.165, 1.54) is 12.3 Å². The van der Waals surface area contributed by atoms with Crippen molar-refractivity contribution < 1.29 is 14.3 Å². The number of rotatable bonds is 4. The van der Waals surface area contributed by atoms with Crippen LogP contribution in [-0.4, -0.2) is 41.2 Å². The molecule has 0 aromatic carbocycles. The van der Waals surface area contributed by atoms with E-state index in [0.717, 1.165) is 5.69 Å². The Morgan fingerprint density at radius 1 is 1.54 bits per heavy atom. The first kappa shape index (κ1) is 16.0. The molecule has 1 aliphatic rings. The molecule has 0 aliphatic carbocycles. The predicted octanol–water partition coefficient (Wildman–Crippen LogP) is 1.56. The molecule has 0 radical (unpaired) electrons. The zero-order valence-corrected chi connectivity index (χ0v) is 13.3. The molecule has 2 aromatic heterocycles. The normalized spacial score (nSPS) is 20.2. The SMILES string of the molecule is Cc1ccc(O[C@H]2CCOC[C@H]2NC(=O)c2cc(C#N)c[nH]2)cn1. The fourth-order valence-corrected chi connectivity index (χ4v) is 2.53. The van der Waals surface area contributed by atoms with Gasteiger partial charge in [0.05, 0.1) is 31.0 Å². The van der Waals surface area contributed by atoms with E-state index in [1.807, 2.05) is 25.1 Å². The Kier molecular flexibility index (Phi) is 4.77. The van der Waals surface area contributed by atoms with Crippen molar-refractivity contribution >= 4 is 5.91 Å². The highest BCUT2D eigenvalue weighted by atomic mass is 16.5. The summed E-state index contributed by atoms with van der Waals surface area (Å²) in [7, 11) is 0. The molecule has 1 aliphatic heterocycles. The molecule has 3 heterocycles. The lowest BCUT2D eigenvalue weighted by Crippen LogP contribution is -2.51. The maximum Gasteiger partial charge on any atom is 0.268 e. The Labute approximate surface area is 139 Å². The molecule has 2 atom stereocenters. The van der Waals surface area contributed by atoms with Crippen LogP contribution in [0, 0.1) is 18.3 Å².